The minimum absolute atomic E-state index is 0.220. The minimum atomic E-state index is -0.273. The van der Waals surface area contributed by atoms with Crippen molar-refractivity contribution < 1.29 is 0 Å². The van der Waals surface area contributed by atoms with E-state index < -0.39 is 0 Å². The Bertz CT molecular complexity index is 1240. The van der Waals surface area contributed by atoms with Crippen LogP contribution in [-0.4, -0.2) is 51.7 Å². The van der Waals surface area contributed by atoms with Crippen molar-refractivity contribution in [3.8, 4) is 5.69 Å². The largest absolute Gasteiger partial charge is 0.336 e. The molecular weight excluding hydrogens is 432 g/mol. The fourth-order valence-electron chi connectivity index (χ4n) is 4.82. The summed E-state index contributed by atoms with van der Waals surface area (Å²) in [7, 11) is 0. The quantitative estimate of drug-likeness (QED) is 0.588. The van der Waals surface area contributed by atoms with Crippen molar-refractivity contribution in [1.29, 1.82) is 0 Å². The number of hydrogen-bond acceptors (Lipinski definition) is 5. The average Bonchev–Trinajstić information content (AvgIpc) is 3.41. The first-order valence-corrected chi connectivity index (χ1v) is 12.3. The van der Waals surface area contributed by atoms with Gasteiger partial charge < -0.3 is 4.90 Å². The number of thiophene rings is 1. The first-order chi connectivity index (χ1) is 15.1. The first kappa shape index (κ1) is 20.9. The summed E-state index contributed by atoms with van der Waals surface area (Å²) in [5, 5.41) is 1.23. The predicted molar refractivity (Wildman–Crippen MR) is 127 cm³/mol. The summed E-state index contributed by atoms with van der Waals surface area (Å²) in [5.41, 5.74) is 1.16. The summed E-state index contributed by atoms with van der Waals surface area (Å²) in [4.78, 5) is 34.1. The lowest BCUT2D eigenvalue weighted by molar-refractivity contribution is 0.272. The predicted octanol–water partition coefficient (Wildman–Crippen LogP) is 3.34. The summed E-state index contributed by atoms with van der Waals surface area (Å²) in [5.74, 6) is 0. The number of halogens is 1. The van der Waals surface area contributed by atoms with Gasteiger partial charge in [-0.05, 0) is 62.7 Å². The van der Waals surface area contributed by atoms with Crippen molar-refractivity contribution in [2.45, 2.75) is 39.3 Å². The number of likely N-dealkylation sites (N-methyl/N-ethyl adjacent to an activating group) is 1. The van der Waals surface area contributed by atoms with Crippen LogP contribution in [0.15, 0.2) is 33.9 Å². The molecule has 31 heavy (non-hydrogen) atoms. The molecule has 1 saturated heterocycles. The van der Waals surface area contributed by atoms with E-state index in [9.17, 15) is 9.59 Å². The highest BCUT2D eigenvalue weighted by molar-refractivity contribution is 7.18. The molecule has 0 spiro atoms. The van der Waals surface area contributed by atoms with Crippen molar-refractivity contribution in [1.82, 2.24) is 18.9 Å². The molecule has 0 atom stereocenters. The Morgan fingerprint density at radius 1 is 1.06 bits per heavy atom. The third kappa shape index (κ3) is 3.78. The molecule has 0 aliphatic carbocycles. The highest BCUT2D eigenvalue weighted by atomic mass is 35.5. The third-order valence-electron chi connectivity index (χ3n) is 6.55. The number of aromatic nitrogens is 2. The fourth-order valence-corrected chi connectivity index (χ4v) is 6.40. The SMILES string of the molecule is CCN1CCc2c(sc3c2c(=O)n(-c2cccc(Cl)c2)c(=O)n3CCN2CCCC2)C1. The van der Waals surface area contributed by atoms with Crippen molar-refractivity contribution >= 4 is 33.2 Å². The zero-order chi connectivity index (χ0) is 21.5. The van der Waals surface area contributed by atoms with Crippen LogP contribution in [0, 0.1) is 0 Å². The van der Waals surface area contributed by atoms with Gasteiger partial charge in [-0.15, -0.1) is 11.3 Å². The van der Waals surface area contributed by atoms with Gasteiger partial charge in [0.1, 0.15) is 4.83 Å². The molecule has 164 valence electrons. The Morgan fingerprint density at radius 3 is 2.61 bits per heavy atom. The van der Waals surface area contributed by atoms with E-state index in [0.29, 0.717) is 17.3 Å². The molecule has 2 aliphatic heterocycles. The number of nitrogens with zero attached hydrogens (tertiary/aromatic N) is 4. The average molecular weight is 459 g/mol. The zero-order valence-electron chi connectivity index (χ0n) is 17.8. The van der Waals surface area contributed by atoms with Gasteiger partial charge in [0.15, 0.2) is 0 Å². The number of hydrogen-bond donors (Lipinski definition) is 0. The van der Waals surface area contributed by atoms with Gasteiger partial charge in [-0.25, -0.2) is 9.36 Å². The number of likely N-dealkylation sites (tertiary alicyclic amines) is 1. The maximum absolute atomic E-state index is 13.6. The van der Waals surface area contributed by atoms with Gasteiger partial charge in [-0.1, -0.05) is 24.6 Å². The lowest BCUT2D eigenvalue weighted by atomic mass is 10.1. The number of fused-ring (bicyclic) bond motifs is 3. The topological polar surface area (TPSA) is 50.5 Å². The molecule has 1 fully saturated rings. The molecule has 0 bridgehead atoms. The van der Waals surface area contributed by atoms with Crippen molar-refractivity contribution in [2.24, 2.45) is 0 Å². The molecule has 2 aliphatic rings. The van der Waals surface area contributed by atoms with Crippen LogP contribution < -0.4 is 11.2 Å². The summed E-state index contributed by atoms with van der Waals surface area (Å²) in [6.07, 6.45) is 3.28. The van der Waals surface area contributed by atoms with E-state index in [1.807, 2.05) is 4.57 Å². The van der Waals surface area contributed by atoms with E-state index >= 15 is 0 Å². The molecule has 6 nitrogen and oxygen atoms in total. The minimum Gasteiger partial charge on any atom is -0.302 e. The Labute approximate surface area is 190 Å². The Morgan fingerprint density at radius 2 is 1.87 bits per heavy atom. The van der Waals surface area contributed by atoms with Crippen LogP contribution in [0.4, 0.5) is 0 Å². The molecule has 3 aromatic rings. The Hall–Kier alpha value is -1.93. The maximum Gasteiger partial charge on any atom is 0.336 e. The van der Waals surface area contributed by atoms with Gasteiger partial charge in [-0.3, -0.25) is 14.3 Å². The van der Waals surface area contributed by atoms with E-state index in [4.69, 9.17) is 11.6 Å². The van der Waals surface area contributed by atoms with Gasteiger partial charge in [0, 0.05) is 36.1 Å². The molecule has 0 N–H and O–H groups in total. The lowest BCUT2D eigenvalue weighted by Crippen LogP contribution is -2.40. The zero-order valence-corrected chi connectivity index (χ0v) is 19.3. The third-order valence-corrected chi connectivity index (χ3v) is 8.03. The molecule has 0 unspecified atom stereocenters. The Kier molecular flexibility index (Phi) is 5.77. The smallest absolute Gasteiger partial charge is 0.302 e. The van der Waals surface area contributed by atoms with Crippen molar-refractivity contribution in [3.63, 3.8) is 0 Å². The van der Waals surface area contributed by atoms with Crippen LogP contribution in [-0.2, 0) is 19.5 Å². The Balaban J connectivity index is 1.71. The molecule has 0 amide bonds. The first-order valence-electron chi connectivity index (χ1n) is 11.1. The molecule has 4 heterocycles. The van der Waals surface area contributed by atoms with E-state index in [2.05, 4.69) is 16.7 Å². The number of benzene rings is 1. The van der Waals surface area contributed by atoms with Gasteiger partial charge in [0.25, 0.3) is 5.56 Å². The van der Waals surface area contributed by atoms with E-state index in [-0.39, 0.29) is 11.2 Å². The maximum atomic E-state index is 13.6. The molecule has 0 radical (unpaired) electrons. The normalized spacial score (nSPS) is 17.5. The summed E-state index contributed by atoms with van der Waals surface area (Å²) >= 11 is 7.82. The highest BCUT2D eigenvalue weighted by Gasteiger charge is 2.26. The highest BCUT2D eigenvalue weighted by Crippen LogP contribution is 2.33. The van der Waals surface area contributed by atoms with Crippen LogP contribution in [0.2, 0.25) is 5.02 Å². The second kappa shape index (κ2) is 8.54. The number of rotatable bonds is 5. The van der Waals surface area contributed by atoms with E-state index in [0.717, 1.165) is 61.5 Å². The molecule has 2 aromatic heterocycles. The van der Waals surface area contributed by atoms with Crippen LogP contribution in [0.25, 0.3) is 15.9 Å². The fraction of sp³-hybridized carbons (Fsp3) is 0.478. The van der Waals surface area contributed by atoms with E-state index in [1.165, 1.54) is 22.3 Å². The second-order valence-corrected chi connectivity index (χ2v) is 9.93. The van der Waals surface area contributed by atoms with Crippen molar-refractivity contribution in [2.75, 3.05) is 32.7 Å². The summed E-state index contributed by atoms with van der Waals surface area (Å²) < 4.78 is 3.15. The molecule has 8 heteroatoms. The van der Waals surface area contributed by atoms with Gasteiger partial charge in [0.05, 0.1) is 11.1 Å². The van der Waals surface area contributed by atoms with Gasteiger partial charge in [-0.2, -0.15) is 0 Å². The molecule has 0 saturated carbocycles. The monoisotopic (exact) mass is 458 g/mol. The molecule has 1 aromatic carbocycles. The molecular formula is C23H27ClN4O2S. The van der Waals surface area contributed by atoms with Gasteiger partial charge >= 0.3 is 5.69 Å². The standard InChI is InChI=1S/C23H27ClN4O2S/c1-2-25-11-8-18-19(15-25)31-22-20(18)21(29)28(17-7-5-6-16(24)14-17)23(30)27(22)13-12-26-9-3-4-10-26/h5-7,14H,2-4,8-13,15H2,1H3. The summed E-state index contributed by atoms with van der Waals surface area (Å²) in [6, 6.07) is 7.01. The van der Waals surface area contributed by atoms with Crippen LogP contribution in [0.5, 0.6) is 0 Å². The lowest BCUT2D eigenvalue weighted by Gasteiger charge is -2.25. The summed E-state index contributed by atoms with van der Waals surface area (Å²) in [6.45, 7) is 8.52. The second-order valence-electron chi connectivity index (χ2n) is 8.41. The molecule has 5 rings (SSSR count). The van der Waals surface area contributed by atoms with Crippen LogP contribution in [0.3, 0.4) is 0 Å². The van der Waals surface area contributed by atoms with E-state index in [1.54, 1.807) is 35.6 Å². The van der Waals surface area contributed by atoms with Gasteiger partial charge in [0.2, 0.25) is 0 Å². The van der Waals surface area contributed by atoms with Crippen LogP contribution >= 0.6 is 22.9 Å². The van der Waals surface area contributed by atoms with Crippen molar-refractivity contribution in [3.05, 3.63) is 60.6 Å². The van der Waals surface area contributed by atoms with Crippen LogP contribution in [0.1, 0.15) is 30.2 Å².